The van der Waals surface area contributed by atoms with Gasteiger partial charge in [-0.05, 0) is 0 Å². The van der Waals surface area contributed by atoms with Crippen LogP contribution in [-0.2, 0) is 0 Å². The van der Waals surface area contributed by atoms with Gasteiger partial charge in [0.15, 0.2) is 0 Å². The van der Waals surface area contributed by atoms with Crippen molar-refractivity contribution in [3.8, 4) is 0 Å². The molecule has 0 aromatic heterocycles. The summed E-state index contributed by atoms with van der Waals surface area (Å²) < 4.78 is 182. The molecule has 0 aromatic carbocycles. The van der Waals surface area contributed by atoms with Crippen molar-refractivity contribution in [2.75, 3.05) is 0 Å². The van der Waals surface area contributed by atoms with E-state index in [4.69, 9.17) is 0 Å². The van der Waals surface area contributed by atoms with Gasteiger partial charge in [0, 0.05) is 0 Å². The molecule has 0 aromatic rings. The third kappa shape index (κ3) is 3.16. The summed E-state index contributed by atoms with van der Waals surface area (Å²) in [5.74, 6) is -25.0. The molecular weight excluding hydrogens is 392 g/mol. The van der Waals surface area contributed by atoms with Crippen LogP contribution in [0.25, 0.3) is 0 Å². The number of hydrogen-bond donors (Lipinski definition) is 0. The van der Waals surface area contributed by atoms with Crippen molar-refractivity contribution in [2.24, 2.45) is 0 Å². The number of halogens is 15. The molecule has 0 aliphatic rings. The summed E-state index contributed by atoms with van der Waals surface area (Å²) in [5, 5.41) is 10.7. The standard InChI is InChI=1S/C7F15O.Li/c8-2(9,5(14,15)16)1(23,3(10,11)6(17,18)19)4(12,13)7(20,21)22;/q-1;+1. The van der Waals surface area contributed by atoms with Gasteiger partial charge in [-0.2, -0.15) is 65.9 Å². The topological polar surface area (TPSA) is 23.1 Å². The first kappa shape index (κ1) is 25.7. The minimum absolute atomic E-state index is 0. The van der Waals surface area contributed by atoms with Crippen LogP contribution in [0.2, 0.25) is 0 Å². The van der Waals surface area contributed by atoms with Gasteiger partial charge in [-0.1, -0.05) is 0 Å². The summed E-state index contributed by atoms with van der Waals surface area (Å²) in [6.07, 6.45) is -23.6. The van der Waals surface area contributed by atoms with Gasteiger partial charge in [0.2, 0.25) is 0 Å². The minimum atomic E-state index is -8.48. The Labute approximate surface area is 133 Å². The summed E-state index contributed by atoms with van der Waals surface area (Å²) in [4.78, 5) is 0. The van der Waals surface area contributed by atoms with Crippen molar-refractivity contribution in [3.63, 3.8) is 0 Å². The van der Waals surface area contributed by atoms with E-state index in [1.165, 1.54) is 0 Å². The van der Waals surface area contributed by atoms with Gasteiger partial charge >= 0.3 is 55.2 Å². The van der Waals surface area contributed by atoms with Gasteiger partial charge in [-0.15, -0.1) is 0 Å². The third-order valence-electron chi connectivity index (χ3n) is 2.39. The molecule has 0 unspecified atom stereocenters. The number of hydrogen-bond acceptors (Lipinski definition) is 1. The fraction of sp³-hybridized carbons (Fsp3) is 1.00. The molecule has 0 saturated carbocycles. The van der Waals surface area contributed by atoms with Crippen LogP contribution in [0.15, 0.2) is 0 Å². The molecule has 1 nitrogen and oxygen atoms in total. The maximum absolute atomic E-state index is 12.6. The molecule has 0 fully saturated rings. The van der Waals surface area contributed by atoms with Crippen LogP contribution in [0.5, 0.6) is 0 Å². The average molecular weight is 392 g/mol. The normalized spacial score (nSPS) is 16.0. The van der Waals surface area contributed by atoms with Crippen LogP contribution in [0.1, 0.15) is 0 Å². The van der Waals surface area contributed by atoms with Crippen molar-refractivity contribution >= 4 is 0 Å². The van der Waals surface area contributed by atoms with Crippen LogP contribution in [0.3, 0.4) is 0 Å². The van der Waals surface area contributed by atoms with Gasteiger partial charge in [-0.3, -0.25) is 0 Å². The van der Waals surface area contributed by atoms with E-state index in [1.54, 1.807) is 0 Å². The first-order valence-corrected chi connectivity index (χ1v) is 4.54. The van der Waals surface area contributed by atoms with Gasteiger partial charge in [0.05, 0.1) is 0 Å². The number of alkyl halides is 15. The van der Waals surface area contributed by atoms with Crippen molar-refractivity contribution in [3.05, 3.63) is 0 Å². The molecule has 17 heteroatoms. The Morgan fingerprint density at radius 2 is 0.500 bits per heavy atom. The second kappa shape index (κ2) is 6.04. The molecule has 0 N–H and O–H groups in total. The van der Waals surface area contributed by atoms with E-state index >= 15 is 0 Å². The average Bonchev–Trinajstić information content (AvgIpc) is 2.22. The Morgan fingerprint density at radius 1 is 0.375 bits per heavy atom. The molecule has 0 heterocycles. The third-order valence-corrected chi connectivity index (χ3v) is 2.39. The molecule has 0 rings (SSSR count). The summed E-state index contributed by atoms with van der Waals surface area (Å²) in [7, 11) is 0. The zero-order chi connectivity index (χ0) is 19.5. The maximum Gasteiger partial charge on any atom is 1.00 e. The predicted molar refractivity (Wildman–Crippen MR) is 35.7 cm³/mol. The van der Waals surface area contributed by atoms with Gasteiger partial charge in [0.1, 0.15) is 5.60 Å². The molecule has 0 amide bonds. The Kier molecular flexibility index (Phi) is 6.48. The second-order valence-corrected chi connectivity index (χ2v) is 3.90. The molecule has 0 radical (unpaired) electrons. The number of rotatable bonds is 3. The van der Waals surface area contributed by atoms with Crippen LogP contribution >= 0.6 is 0 Å². The molecule has 140 valence electrons. The van der Waals surface area contributed by atoms with Crippen LogP contribution < -0.4 is 24.0 Å². The summed E-state index contributed by atoms with van der Waals surface area (Å²) >= 11 is 0. The SMILES string of the molecule is [Li+].[O-]C(C(F)(F)C(F)(F)F)(C(F)(F)C(F)(F)F)C(F)(F)C(F)(F)F. The Morgan fingerprint density at radius 3 is 0.583 bits per heavy atom. The van der Waals surface area contributed by atoms with Crippen molar-refractivity contribution in [1.29, 1.82) is 0 Å². The smallest absolute Gasteiger partial charge is 0.836 e. The summed E-state index contributed by atoms with van der Waals surface area (Å²) in [6.45, 7) is 0. The van der Waals surface area contributed by atoms with E-state index in [9.17, 15) is 71.0 Å². The molecule has 0 atom stereocenters. The molecular formula is C7F15LiO. The minimum Gasteiger partial charge on any atom is -0.836 e. The second-order valence-electron chi connectivity index (χ2n) is 3.90. The van der Waals surface area contributed by atoms with Crippen LogP contribution in [0.4, 0.5) is 65.9 Å². The molecule has 24 heavy (non-hydrogen) atoms. The van der Waals surface area contributed by atoms with E-state index in [0.717, 1.165) is 0 Å². The monoisotopic (exact) mass is 392 g/mol. The van der Waals surface area contributed by atoms with Crippen LogP contribution in [-0.4, -0.2) is 41.9 Å². The van der Waals surface area contributed by atoms with E-state index in [2.05, 4.69) is 0 Å². The Hall–Kier alpha value is -0.493. The summed E-state index contributed by atoms with van der Waals surface area (Å²) in [6, 6.07) is 0. The quantitative estimate of drug-likeness (QED) is 0.512. The van der Waals surface area contributed by atoms with Gasteiger partial charge in [0.25, 0.3) is 0 Å². The zero-order valence-corrected chi connectivity index (χ0v) is 10.6. The van der Waals surface area contributed by atoms with Gasteiger partial charge < -0.3 is 5.11 Å². The largest absolute Gasteiger partial charge is 1.00 e. The molecule has 0 bridgehead atoms. The fourth-order valence-electron chi connectivity index (χ4n) is 1.19. The summed E-state index contributed by atoms with van der Waals surface area (Å²) in [5.41, 5.74) is -8.48. The van der Waals surface area contributed by atoms with Crippen molar-refractivity contribution in [1.82, 2.24) is 0 Å². The first-order chi connectivity index (χ1) is 9.50. The first-order valence-electron chi connectivity index (χ1n) is 4.54. The van der Waals surface area contributed by atoms with E-state index < -0.39 is 41.9 Å². The Bertz CT molecular complexity index is 378. The molecule has 0 aliphatic carbocycles. The fourth-order valence-corrected chi connectivity index (χ4v) is 1.19. The van der Waals surface area contributed by atoms with Gasteiger partial charge in [-0.25, -0.2) is 0 Å². The van der Waals surface area contributed by atoms with Crippen molar-refractivity contribution < 1.29 is 89.8 Å². The van der Waals surface area contributed by atoms with E-state index in [-0.39, 0.29) is 18.9 Å². The van der Waals surface area contributed by atoms with Crippen LogP contribution in [0, 0.1) is 0 Å². The zero-order valence-electron chi connectivity index (χ0n) is 10.6. The molecule has 0 spiro atoms. The van der Waals surface area contributed by atoms with Crippen molar-refractivity contribution in [2.45, 2.75) is 41.9 Å². The Balaban J connectivity index is 0. The van der Waals surface area contributed by atoms with E-state index in [1.807, 2.05) is 0 Å². The predicted octanol–water partition coefficient (Wildman–Crippen LogP) is 0.682. The molecule has 0 saturated heterocycles. The maximum atomic E-state index is 12.6. The van der Waals surface area contributed by atoms with E-state index in [0.29, 0.717) is 0 Å². The molecule has 0 aliphatic heterocycles.